The molecule has 0 saturated carbocycles. The molecule has 0 bridgehead atoms. The molecule has 1 atom stereocenters. The van der Waals surface area contributed by atoms with E-state index in [4.69, 9.17) is 14.6 Å². The summed E-state index contributed by atoms with van der Waals surface area (Å²) < 4.78 is 34.4. The fraction of sp³-hybridized carbons (Fsp3) is 0.500. The van der Waals surface area contributed by atoms with Crippen LogP contribution in [0.25, 0.3) is 0 Å². The first-order chi connectivity index (χ1) is 10.9. The second-order valence-corrected chi connectivity index (χ2v) is 7.15. The van der Waals surface area contributed by atoms with Crippen LogP contribution in [0.3, 0.4) is 0 Å². The van der Waals surface area contributed by atoms with Gasteiger partial charge >= 0.3 is 0 Å². The topological polar surface area (TPSA) is 102 Å². The molecule has 0 aliphatic carbocycles. The molecule has 1 saturated heterocycles. The summed E-state index contributed by atoms with van der Waals surface area (Å²) in [6.07, 6.45) is 0. The number of ether oxygens (including phenoxy) is 2. The van der Waals surface area contributed by atoms with Gasteiger partial charge in [0.05, 0.1) is 5.92 Å². The summed E-state index contributed by atoms with van der Waals surface area (Å²) in [5.41, 5.74) is 0.841. The molecule has 126 valence electrons. The van der Waals surface area contributed by atoms with Crippen LogP contribution >= 0.6 is 0 Å². The third-order valence-corrected chi connectivity index (χ3v) is 5.26. The Morgan fingerprint density at radius 2 is 1.83 bits per heavy atom. The van der Waals surface area contributed by atoms with Crippen LogP contribution in [0.1, 0.15) is 18.4 Å². The summed E-state index contributed by atoms with van der Waals surface area (Å²) in [4.78, 5) is 14.3. The van der Waals surface area contributed by atoms with E-state index in [1.807, 2.05) is 19.1 Å². The molecule has 2 heterocycles. The highest BCUT2D eigenvalue weighted by Crippen LogP contribution is 2.35. The minimum Gasteiger partial charge on any atom is -0.454 e. The Morgan fingerprint density at radius 1 is 1.17 bits per heavy atom. The first-order valence-corrected chi connectivity index (χ1v) is 8.83. The number of hydrogen-bond donors (Lipinski definition) is 1. The molecule has 2 aliphatic heterocycles. The third kappa shape index (κ3) is 3.26. The molecule has 9 heteroatoms. The van der Waals surface area contributed by atoms with Crippen molar-refractivity contribution in [3.63, 3.8) is 0 Å². The van der Waals surface area contributed by atoms with Crippen molar-refractivity contribution in [1.29, 1.82) is 0 Å². The maximum Gasteiger partial charge on any atom is 0.277 e. The molecule has 1 unspecified atom stereocenters. The number of benzene rings is 1. The van der Waals surface area contributed by atoms with Crippen LogP contribution in [0, 0.1) is 0 Å². The normalized spacial score (nSPS) is 19.7. The molecule has 2 aliphatic rings. The van der Waals surface area contributed by atoms with Crippen LogP contribution < -0.4 is 14.6 Å². The number of hydrogen-bond acceptors (Lipinski definition) is 5. The van der Waals surface area contributed by atoms with Gasteiger partial charge in [0.2, 0.25) is 12.7 Å². The molecule has 1 aromatic carbocycles. The highest BCUT2D eigenvalue weighted by molar-refractivity contribution is 7.86. The number of piperazine rings is 1. The smallest absolute Gasteiger partial charge is 0.277 e. The number of nitrogens with two attached hydrogens (primary N) is 1. The second kappa shape index (κ2) is 5.99. The number of rotatable bonds is 3. The number of fused-ring (bicyclic) bond motifs is 1. The van der Waals surface area contributed by atoms with Crippen molar-refractivity contribution in [2.75, 3.05) is 33.0 Å². The van der Waals surface area contributed by atoms with Crippen LogP contribution in [0.15, 0.2) is 18.2 Å². The molecular formula is C14H19N3O5S. The van der Waals surface area contributed by atoms with Gasteiger partial charge in [-0.15, -0.1) is 0 Å². The molecule has 1 amide bonds. The van der Waals surface area contributed by atoms with Gasteiger partial charge in [-0.2, -0.15) is 12.7 Å². The molecule has 0 spiro atoms. The number of amides is 1. The summed E-state index contributed by atoms with van der Waals surface area (Å²) in [5, 5.41) is 5.10. The predicted octanol–water partition coefficient (Wildman–Crippen LogP) is -0.133. The average molecular weight is 341 g/mol. The summed E-state index contributed by atoms with van der Waals surface area (Å²) in [5.74, 6) is 0.930. The zero-order valence-corrected chi connectivity index (χ0v) is 13.6. The Morgan fingerprint density at radius 3 is 2.48 bits per heavy atom. The monoisotopic (exact) mass is 341 g/mol. The zero-order valence-electron chi connectivity index (χ0n) is 12.8. The molecule has 0 aromatic heterocycles. The van der Waals surface area contributed by atoms with Gasteiger partial charge in [-0.05, 0) is 24.6 Å². The third-order valence-electron chi connectivity index (χ3n) is 4.18. The van der Waals surface area contributed by atoms with Gasteiger partial charge < -0.3 is 14.4 Å². The lowest BCUT2D eigenvalue weighted by Crippen LogP contribution is -2.52. The van der Waals surface area contributed by atoms with E-state index in [9.17, 15) is 13.2 Å². The molecule has 8 nitrogen and oxygen atoms in total. The van der Waals surface area contributed by atoms with Crippen LogP contribution in [0.5, 0.6) is 11.5 Å². The van der Waals surface area contributed by atoms with E-state index < -0.39 is 10.2 Å². The van der Waals surface area contributed by atoms with Gasteiger partial charge in [-0.1, -0.05) is 6.07 Å². The van der Waals surface area contributed by atoms with E-state index in [0.717, 1.165) is 5.56 Å². The summed E-state index contributed by atoms with van der Waals surface area (Å²) in [6, 6.07) is 5.45. The minimum atomic E-state index is -3.69. The SMILES string of the molecule is CC(C(=O)N1CCN(S(N)(=O)=O)CC1)c1ccc2c(c1)OCO2. The van der Waals surface area contributed by atoms with Crippen LogP contribution in [-0.2, 0) is 15.0 Å². The Labute approximate surface area is 134 Å². The van der Waals surface area contributed by atoms with E-state index in [-0.39, 0.29) is 31.7 Å². The fourth-order valence-corrected chi connectivity index (χ4v) is 3.43. The standard InChI is InChI=1S/C14H19N3O5S/c1-10(11-2-3-12-13(8-11)22-9-21-12)14(18)16-4-6-17(7-5-16)23(15,19)20/h2-3,8,10H,4-7,9H2,1H3,(H2,15,19,20). The van der Waals surface area contributed by atoms with Crippen LogP contribution in [0.4, 0.5) is 0 Å². The molecule has 3 rings (SSSR count). The Kier molecular flexibility index (Phi) is 4.17. The molecule has 0 radical (unpaired) electrons. The quantitative estimate of drug-likeness (QED) is 0.825. The maximum absolute atomic E-state index is 12.6. The first kappa shape index (κ1) is 16.0. The van der Waals surface area contributed by atoms with E-state index in [0.29, 0.717) is 24.6 Å². The van der Waals surface area contributed by atoms with E-state index >= 15 is 0 Å². The van der Waals surface area contributed by atoms with E-state index in [1.54, 1.807) is 11.0 Å². The molecular weight excluding hydrogens is 322 g/mol. The molecule has 1 fully saturated rings. The molecule has 1 aromatic rings. The van der Waals surface area contributed by atoms with Crippen molar-refractivity contribution >= 4 is 16.1 Å². The summed E-state index contributed by atoms with van der Waals surface area (Å²) in [6.45, 7) is 3.13. The average Bonchev–Trinajstić information content (AvgIpc) is 3.00. The zero-order chi connectivity index (χ0) is 16.6. The van der Waals surface area contributed by atoms with Crippen molar-refractivity contribution in [2.45, 2.75) is 12.8 Å². The van der Waals surface area contributed by atoms with Crippen molar-refractivity contribution < 1.29 is 22.7 Å². The second-order valence-electron chi connectivity index (χ2n) is 5.60. The number of carbonyl (C=O) groups is 1. The highest BCUT2D eigenvalue weighted by Gasteiger charge is 2.29. The summed E-state index contributed by atoms with van der Waals surface area (Å²) in [7, 11) is -3.69. The lowest BCUT2D eigenvalue weighted by Gasteiger charge is -2.34. The maximum atomic E-state index is 12.6. The van der Waals surface area contributed by atoms with E-state index in [1.165, 1.54) is 4.31 Å². The lowest BCUT2D eigenvalue weighted by molar-refractivity contribution is -0.133. The Bertz CT molecular complexity index is 713. The summed E-state index contributed by atoms with van der Waals surface area (Å²) >= 11 is 0. The lowest BCUT2D eigenvalue weighted by atomic mass is 9.99. The largest absolute Gasteiger partial charge is 0.454 e. The van der Waals surface area contributed by atoms with Gasteiger partial charge in [0.15, 0.2) is 11.5 Å². The van der Waals surface area contributed by atoms with Crippen LogP contribution in [-0.4, -0.2) is 56.5 Å². The van der Waals surface area contributed by atoms with Gasteiger partial charge in [-0.25, -0.2) is 5.14 Å². The van der Waals surface area contributed by atoms with Crippen LogP contribution in [0.2, 0.25) is 0 Å². The predicted molar refractivity (Wildman–Crippen MR) is 82.2 cm³/mol. The van der Waals surface area contributed by atoms with Gasteiger partial charge in [0.1, 0.15) is 0 Å². The fourth-order valence-electron chi connectivity index (χ4n) is 2.76. The minimum absolute atomic E-state index is 0.0436. The van der Waals surface area contributed by atoms with Gasteiger partial charge in [0.25, 0.3) is 10.2 Å². The van der Waals surface area contributed by atoms with Crippen molar-refractivity contribution in [3.8, 4) is 11.5 Å². The first-order valence-electron chi connectivity index (χ1n) is 7.32. The van der Waals surface area contributed by atoms with Crippen molar-refractivity contribution in [2.24, 2.45) is 5.14 Å². The Hall–Kier alpha value is -1.84. The number of carbonyl (C=O) groups excluding carboxylic acids is 1. The van der Waals surface area contributed by atoms with E-state index in [2.05, 4.69) is 0 Å². The highest BCUT2D eigenvalue weighted by atomic mass is 32.2. The van der Waals surface area contributed by atoms with Crippen molar-refractivity contribution in [3.05, 3.63) is 23.8 Å². The Balaban J connectivity index is 1.67. The molecule has 23 heavy (non-hydrogen) atoms. The molecule has 2 N–H and O–H groups in total. The van der Waals surface area contributed by atoms with Gasteiger partial charge in [0, 0.05) is 26.2 Å². The van der Waals surface area contributed by atoms with Gasteiger partial charge in [-0.3, -0.25) is 4.79 Å². The van der Waals surface area contributed by atoms with Crippen molar-refractivity contribution in [1.82, 2.24) is 9.21 Å². The number of nitrogens with zero attached hydrogens (tertiary/aromatic N) is 2.